The number of ketones is 1. The molecule has 8 nitrogen and oxygen atoms in total. The number of allylic oxidation sites excluding steroid dienone is 1. The lowest BCUT2D eigenvalue weighted by molar-refractivity contribution is 0.0514. The molecule has 0 fully saturated rings. The van der Waals surface area contributed by atoms with E-state index < -0.39 is 11.8 Å². The van der Waals surface area contributed by atoms with Crippen LogP contribution >= 0.6 is 0 Å². The van der Waals surface area contributed by atoms with Gasteiger partial charge >= 0.3 is 5.97 Å². The Kier molecular flexibility index (Phi) is 5.46. The molecule has 27 heavy (non-hydrogen) atoms. The summed E-state index contributed by atoms with van der Waals surface area (Å²) in [6, 6.07) is 11.0. The molecule has 8 heteroatoms. The van der Waals surface area contributed by atoms with E-state index in [1.807, 2.05) is 30.3 Å². The fraction of sp³-hybridized carbons (Fsp3) is 0.158. The van der Waals surface area contributed by atoms with E-state index in [0.29, 0.717) is 12.1 Å². The first-order valence-electron chi connectivity index (χ1n) is 8.30. The Morgan fingerprint density at radius 3 is 2.74 bits per heavy atom. The number of aromatic amines is 1. The average Bonchev–Trinajstić information content (AvgIpc) is 3.33. The monoisotopic (exact) mass is 366 g/mol. The van der Waals surface area contributed by atoms with Crippen LogP contribution in [0, 0.1) is 0 Å². The third-order valence-corrected chi connectivity index (χ3v) is 3.79. The molecule has 0 aliphatic rings. The number of nitrogens with one attached hydrogen (secondary N) is 1. The van der Waals surface area contributed by atoms with Crippen molar-refractivity contribution in [2.45, 2.75) is 13.5 Å². The molecule has 0 saturated heterocycles. The molecule has 0 aliphatic heterocycles. The number of nitrogens with zero attached hydrogens (tertiary/aromatic N) is 3. The Labute approximate surface area is 155 Å². The van der Waals surface area contributed by atoms with E-state index in [1.54, 1.807) is 17.7 Å². The van der Waals surface area contributed by atoms with E-state index >= 15 is 0 Å². The third kappa shape index (κ3) is 4.30. The number of aliphatic hydroxyl groups is 1. The number of carbonyl (C=O) groups excluding carboxylic acids is 2. The van der Waals surface area contributed by atoms with Gasteiger partial charge in [0.25, 0.3) is 0 Å². The summed E-state index contributed by atoms with van der Waals surface area (Å²) in [7, 11) is 0. The van der Waals surface area contributed by atoms with Crippen LogP contribution in [-0.2, 0) is 11.3 Å². The minimum Gasteiger partial charge on any atom is -0.507 e. The number of hydrogen-bond donors (Lipinski definition) is 2. The average molecular weight is 366 g/mol. The molecule has 0 atom stereocenters. The topological polar surface area (TPSA) is 110 Å². The first kappa shape index (κ1) is 18.1. The van der Waals surface area contributed by atoms with Crippen LogP contribution in [0.3, 0.4) is 0 Å². The summed E-state index contributed by atoms with van der Waals surface area (Å²) in [5.41, 5.74) is 1.58. The summed E-state index contributed by atoms with van der Waals surface area (Å²) in [5.74, 6) is -1.31. The van der Waals surface area contributed by atoms with Gasteiger partial charge in [-0.1, -0.05) is 30.3 Å². The zero-order valence-electron chi connectivity index (χ0n) is 14.6. The summed E-state index contributed by atoms with van der Waals surface area (Å²) in [4.78, 5) is 28.0. The predicted molar refractivity (Wildman–Crippen MR) is 97.3 cm³/mol. The highest BCUT2D eigenvalue weighted by molar-refractivity contribution is 6.05. The van der Waals surface area contributed by atoms with E-state index in [1.165, 1.54) is 12.4 Å². The Balaban J connectivity index is 1.92. The van der Waals surface area contributed by atoms with Crippen molar-refractivity contribution in [1.29, 1.82) is 0 Å². The van der Waals surface area contributed by atoms with Crippen molar-refractivity contribution in [1.82, 2.24) is 19.7 Å². The third-order valence-electron chi connectivity index (χ3n) is 3.79. The number of ether oxygens (including phenoxy) is 1. The molecule has 0 spiro atoms. The molecule has 0 radical (unpaired) electrons. The first-order chi connectivity index (χ1) is 13.1. The fourth-order valence-electron chi connectivity index (χ4n) is 2.54. The number of esters is 1. The molecule has 1 aromatic carbocycles. The molecular formula is C19H18N4O4. The molecule has 2 heterocycles. The molecule has 0 saturated carbocycles. The summed E-state index contributed by atoms with van der Waals surface area (Å²) in [6.07, 6.45) is 3.82. The number of hydrogen-bond acceptors (Lipinski definition) is 6. The van der Waals surface area contributed by atoms with Crippen molar-refractivity contribution in [2.75, 3.05) is 6.61 Å². The van der Waals surface area contributed by atoms with Crippen LogP contribution in [0.4, 0.5) is 0 Å². The maximum absolute atomic E-state index is 12.3. The molecule has 3 rings (SSSR count). The number of carbonyl (C=O) groups is 2. The first-order valence-corrected chi connectivity index (χ1v) is 8.30. The summed E-state index contributed by atoms with van der Waals surface area (Å²) < 4.78 is 6.76. The SMILES string of the molecule is CCOC(=O)c1cc(/C(O)=C/C(=O)c2ncn[nH]2)cn1Cc1ccccc1. The van der Waals surface area contributed by atoms with Crippen molar-refractivity contribution in [3.05, 3.63) is 77.6 Å². The van der Waals surface area contributed by atoms with Gasteiger partial charge in [0, 0.05) is 24.4 Å². The van der Waals surface area contributed by atoms with E-state index in [-0.39, 0.29) is 23.9 Å². The standard InChI is InChI=1S/C19H18N4O4/c1-2-27-19(26)15-8-14(11-23(15)10-13-6-4-3-5-7-13)16(24)9-17(25)18-20-12-21-22-18/h3-9,11-12,24H,2,10H2,1H3,(H,20,21,22)/b16-9-. The Morgan fingerprint density at radius 2 is 2.07 bits per heavy atom. The van der Waals surface area contributed by atoms with E-state index in [2.05, 4.69) is 15.2 Å². The fourth-order valence-corrected chi connectivity index (χ4v) is 2.54. The normalized spacial score (nSPS) is 11.4. The van der Waals surface area contributed by atoms with E-state index in [9.17, 15) is 14.7 Å². The van der Waals surface area contributed by atoms with Crippen LogP contribution in [0.2, 0.25) is 0 Å². The van der Waals surface area contributed by atoms with Gasteiger partial charge in [0.05, 0.1) is 6.61 Å². The molecule has 2 N–H and O–H groups in total. The zero-order valence-corrected chi connectivity index (χ0v) is 14.6. The quantitative estimate of drug-likeness (QED) is 0.288. The van der Waals surface area contributed by atoms with Crippen molar-refractivity contribution < 1.29 is 19.4 Å². The minimum atomic E-state index is -0.529. The van der Waals surface area contributed by atoms with E-state index in [0.717, 1.165) is 11.6 Å². The Morgan fingerprint density at radius 1 is 1.30 bits per heavy atom. The Bertz CT molecular complexity index is 959. The van der Waals surface area contributed by atoms with Gasteiger partial charge in [0.2, 0.25) is 5.78 Å². The smallest absolute Gasteiger partial charge is 0.354 e. The van der Waals surface area contributed by atoms with Crippen LogP contribution in [0.25, 0.3) is 5.76 Å². The Hall–Kier alpha value is -3.68. The lowest BCUT2D eigenvalue weighted by Gasteiger charge is -2.08. The molecule has 0 aliphatic carbocycles. The molecule has 0 amide bonds. The van der Waals surface area contributed by atoms with Gasteiger partial charge in [-0.2, -0.15) is 5.10 Å². The van der Waals surface area contributed by atoms with Crippen molar-refractivity contribution in [2.24, 2.45) is 0 Å². The second kappa shape index (κ2) is 8.13. The number of benzene rings is 1. The van der Waals surface area contributed by atoms with Gasteiger partial charge in [-0.3, -0.25) is 9.89 Å². The lowest BCUT2D eigenvalue weighted by Crippen LogP contribution is -2.12. The van der Waals surface area contributed by atoms with Gasteiger partial charge in [0.15, 0.2) is 5.82 Å². The van der Waals surface area contributed by atoms with Crippen LogP contribution in [0.1, 0.15) is 39.2 Å². The highest BCUT2D eigenvalue weighted by Gasteiger charge is 2.18. The van der Waals surface area contributed by atoms with Gasteiger partial charge in [-0.25, -0.2) is 9.78 Å². The second-order valence-corrected chi connectivity index (χ2v) is 5.68. The lowest BCUT2D eigenvalue weighted by atomic mass is 10.2. The van der Waals surface area contributed by atoms with Crippen molar-refractivity contribution in [3.63, 3.8) is 0 Å². The highest BCUT2D eigenvalue weighted by Crippen LogP contribution is 2.19. The summed E-state index contributed by atoms with van der Waals surface area (Å²) >= 11 is 0. The molecular weight excluding hydrogens is 348 g/mol. The predicted octanol–water partition coefficient (Wildman–Crippen LogP) is 2.61. The van der Waals surface area contributed by atoms with Gasteiger partial charge in [-0.05, 0) is 18.6 Å². The maximum Gasteiger partial charge on any atom is 0.354 e. The summed E-state index contributed by atoms with van der Waals surface area (Å²) in [6.45, 7) is 2.37. The molecule has 0 unspecified atom stereocenters. The van der Waals surface area contributed by atoms with Crippen LogP contribution < -0.4 is 0 Å². The molecule has 0 bridgehead atoms. The highest BCUT2D eigenvalue weighted by atomic mass is 16.5. The van der Waals surface area contributed by atoms with E-state index in [4.69, 9.17) is 4.74 Å². The molecule has 3 aromatic rings. The zero-order chi connectivity index (χ0) is 19.2. The minimum absolute atomic E-state index is 0.0101. The molecule has 138 valence electrons. The number of aliphatic hydroxyl groups excluding tert-OH is 1. The second-order valence-electron chi connectivity index (χ2n) is 5.68. The number of H-pyrrole nitrogens is 1. The largest absolute Gasteiger partial charge is 0.507 e. The number of aromatic nitrogens is 4. The maximum atomic E-state index is 12.3. The number of rotatable bonds is 7. The van der Waals surface area contributed by atoms with Crippen LogP contribution in [0.5, 0.6) is 0 Å². The van der Waals surface area contributed by atoms with Crippen molar-refractivity contribution >= 4 is 17.5 Å². The summed E-state index contributed by atoms with van der Waals surface area (Å²) in [5, 5.41) is 16.3. The van der Waals surface area contributed by atoms with Gasteiger partial charge in [0.1, 0.15) is 17.8 Å². The van der Waals surface area contributed by atoms with Crippen LogP contribution in [-0.4, -0.2) is 43.2 Å². The van der Waals surface area contributed by atoms with Crippen molar-refractivity contribution in [3.8, 4) is 0 Å². The van der Waals surface area contributed by atoms with Gasteiger partial charge < -0.3 is 14.4 Å². The van der Waals surface area contributed by atoms with Gasteiger partial charge in [-0.15, -0.1) is 0 Å². The molecule has 2 aromatic heterocycles. The van der Waals surface area contributed by atoms with Crippen LogP contribution in [0.15, 0.2) is 55.0 Å².